The zero-order valence-corrected chi connectivity index (χ0v) is 10.2. The summed E-state index contributed by atoms with van der Waals surface area (Å²) in [5.41, 5.74) is 1.67. The second-order valence-electron chi connectivity index (χ2n) is 3.61. The first-order chi connectivity index (χ1) is 7.63. The first kappa shape index (κ1) is 12.6. The minimum atomic E-state index is -0.0237. The van der Waals surface area contributed by atoms with Gasteiger partial charge in [-0.15, -0.1) is 0 Å². The first-order valence-corrected chi connectivity index (χ1v) is 5.29. The Bertz CT molecular complexity index is 356. The van der Waals surface area contributed by atoms with Crippen molar-refractivity contribution in [3.63, 3.8) is 0 Å². The number of amides is 1. The van der Waals surface area contributed by atoms with Crippen LogP contribution in [0.25, 0.3) is 0 Å². The number of carbonyl (C=O) groups excluding carboxylic acids is 1. The van der Waals surface area contributed by atoms with Crippen molar-refractivity contribution in [1.82, 2.24) is 4.90 Å². The lowest BCUT2D eigenvalue weighted by Gasteiger charge is -2.29. The van der Waals surface area contributed by atoms with E-state index in [0.29, 0.717) is 6.54 Å². The Balaban J connectivity index is 2.97. The summed E-state index contributed by atoms with van der Waals surface area (Å²) in [6.45, 7) is 4.37. The molecule has 16 heavy (non-hydrogen) atoms. The van der Waals surface area contributed by atoms with E-state index in [2.05, 4.69) is 4.99 Å². The maximum atomic E-state index is 11.8. The first-order valence-electron chi connectivity index (χ1n) is 5.29. The van der Waals surface area contributed by atoms with Crippen molar-refractivity contribution in [2.45, 2.75) is 20.0 Å². The van der Waals surface area contributed by atoms with Gasteiger partial charge >= 0.3 is 0 Å². The third kappa shape index (κ3) is 2.58. The highest BCUT2D eigenvalue weighted by molar-refractivity contribution is 6.16. The van der Waals surface area contributed by atoms with E-state index in [-0.39, 0.29) is 12.0 Å². The van der Waals surface area contributed by atoms with E-state index in [0.717, 1.165) is 11.4 Å². The van der Waals surface area contributed by atoms with Gasteiger partial charge in [-0.3, -0.25) is 9.79 Å². The van der Waals surface area contributed by atoms with Crippen LogP contribution in [0.2, 0.25) is 0 Å². The summed E-state index contributed by atoms with van der Waals surface area (Å²) in [5.74, 6) is -0.0237. The van der Waals surface area contributed by atoms with Crippen LogP contribution >= 0.6 is 0 Å². The second-order valence-corrected chi connectivity index (χ2v) is 3.61. The van der Waals surface area contributed by atoms with E-state index < -0.39 is 0 Å². The molecule has 1 rings (SSSR count). The molecule has 1 amide bonds. The minimum Gasteiger partial charge on any atom is -0.380 e. The fourth-order valence-electron chi connectivity index (χ4n) is 1.60. The largest absolute Gasteiger partial charge is 0.380 e. The maximum absolute atomic E-state index is 11.8. The predicted octanol–water partition coefficient (Wildman–Crippen LogP) is 1.39. The third-order valence-electron chi connectivity index (χ3n) is 2.56. The molecule has 0 aromatic rings. The summed E-state index contributed by atoms with van der Waals surface area (Å²) in [5, 5.41) is 0. The number of ether oxygens (including phenoxy) is 1. The molecule has 4 nitrogen and oxygen atoms in total. The van der Waals surface area contributed by atoms with Crippen LogP contribution in [0.1, 0.15) is 13.8 Å². The molecule has 0 bridgehead atoms. The van der Waals surface area contributed by atoms with Crippen molar-refractivity contribution >= 4 is 11.6 Å². The van der Waals surface area contributed by atoms with Gasteiger partial charge in [0.1, 0.15) is 0 Å². The van der Waals surface area contributed by atoms with Crippen LogP contribution in [-0.2, 0) is 9.53 Å². The average Bonchev–Trinajstić information content (AvgIpc) is 2.31. The average molecular weight is 222 g/mol. The summed E-state index contributed by atoms with van der Waals surface area (Å²) in [4.78, 5) is 17.6. The molecule has 0 aromatic heterocycles. The third-order valence-corrected chi connectivity index (χ3v) is 2.56. The van der Waals surface area contributed by atoms with Crippen molar-refractivity contribution in [3.05, 3.63) is 23.9 Å². The second kappa shape index (κ2) is 5.61. The number of carbonyl (C=O) groups is 1. The van der Waals surface area contributed by atoms with Gasteiger partial charge < -0.3 is 9.64 Å². The lowest BCUT2D eigenvalue weighted by molar-refractivity contribution is -0.125. The molecule has 4 heteroatoms. The Hall–Kier alpha value is -1.42. The molecule has 0 saturated heterocycles. The van der Waals surface area contributed by atoms with Gasteiger partial charge in [-0.1, -0.05) is 6.08 Å². The van der Waals surface area contributed by atoms with Crippen LogP contribution in [0.5, 0.6) is 0 Å². The molecular weight excluding hydrogens is 204 g/mol. The topological polar surface area (TPSA) is 41.9 Å². The van der Waals surface area contributed by atoms with Crippen LogP contribution in [0, 0.1) is 0 Å². The van der Waals surface area contributed by atoms with Crippen molar-refractivity contribution in [2.24, 2.45) is 4.99 Å². The number of allylic oxidation sites excluding steroid dienone is 2. The number of hydrogen-bond acceptors (Lipinski definition) is 3. The molecule has 0 aromatic carbocycles. The number of methoxy groups -OCH3 is 1. The van der Waals surface area contributed by atoms with Gasteiger partial charge in [0.2, 0.25) is 0 Å². The molecule has 0 spiro atoms. The summed E-state index contributed by atoms with van der Waals surface area (Å²) < 4.78 is 5.18. The maximum Gasteiger partial charge on any atom is 0.251 e. The van der Waals surface area contributed by atoms with Gasteiger partial charge in [0.15, 0.2) is 0 Å². The fraction of sp³-hybridized carbons (Fsp3) is 0.500. The van der Waals surface area contributed by atoms with Crippen LogP contribution in [-0.4, -0.2) is 43.3 Å². The Labute approximate surface area is 96.3 Å². The lowest BCUT2D eigenvalue weighted by Crippen LogP contribution is -2.40. The molecule has 1 unspecified atom stereocenters. The normalized spacial score (nSPS) is 23.2. The quantitative estimate of drug-likeness (QED) is 0.724. The molecular formula is C12H18N2O2. The predicted molar refractivity (Wildman–Crippen MR) is 64.4 cm³/mol. The Morgan fingerprint density at radius 3 is 2.75 bits per heavy atom. The fourth-order valence-corrected chi connectivity index (χ4v) is 1.60. The summed E-state index contributed by atoms with van der Waals surface area (Å²) in [6, 6.07) is 0. The molecule has 88 valence electrons. The van der Waals surface area contributed by atoms with Gasteiger partial charge in [0, 0.05) is 20.2 Å². The van der Waals surface area contributed by atoms with E-state index in [4.69, 9.17) is 4.74 Å². The van der Waals surface area contributed by atoms with Crippen LogP contribution in [0.15, 0.2) is 28.9 Å². The van der Waals surface area contributed by atoms with Crippen molar-refractivity contribution in [3.8, 4) is 0 Å². The highest BCUT2D eigenvalue weighted by Crippen LogP contribution is 2.15. The monoisotopic (exact) mass is 222 g/mol. The smallest absolute Gasteiger partial charge is 0.251 e. The lowest BCUT2D eigenvalue weighted by atomic mass is 10.1. The van der Waals surface area contributed by atoms with E-state index in [9.17, 15) is 4.79 Å². The number of hydrogen-bond donors (Lipinski definition) is 0. The van der Waals surface area contributed by atoms with Gasteiger partial charge in [-0.05, 0) is 19.9 Å². The van der Waals surface area contributed by atoms with Gasteiger partial charge in [-0.25, -0.2) is 0 Å². The highest BCUT2D eigenvalue weighted by atomic mass is 16.5. The number of nitrogens with zero attached hydrogens (tertiary/aromatic N) is 2. The van der Waals surface area contributed by atoms with Gasteiger partial charge in [0.25, 0.3) is 5.91 Å². The number of aliphatic imine (C=N–C) groups is 1. The molecule has 1 aliphatic heterocycles. The van der Waals surface area contributed by atoms with E-state index >= 15 is 0 Å². The molecule has 0 fully saturated rings. The Kier molecular flexibility index (Phi) is 4.43. The molecule has 0 radical (unpaired) electrons. The van der Waals surface area contributed by atoms with E-state index in [1.807, 2.05) is 19.9 Å². The summed E-state index contributed by atoms with van der Waals surface area (Å²) in [7, 11) is 3.36. The number of rotatable bonds is 3. The Morgan fingerprint density at radius 2 is 2.25 bits per heavy atom. The van der Waals surface area contributed by atoms with Gasteiger partial charge in [0.05, 0.1) is 24.1 Å². The van der Waals surface area contributed by atoms with Crippen molar-refractivity contribution in [1.29, 1.82) is 0 Å². The van der Waals surface area contributed by atoms with Crippen molar-refractivity contribution in [2.75, 3.05) is 20.7 Å². The standard InChI is InChI=1S/C12H18N2O2/c1-5-11-10(13-3)6-7-12(15)14(11)8-9(2)16-4/h5-7,9H,8H2,1-4H3/b11-5+,13-10?. The van der Waals surface area contributed by atoms with Crippen molar-refractivity contribution < 1.29 is 9.53 Å². The van der Waals surface area contributed by atoms with Crippen LogP contribution in [0.3, 0.4) is 0 Å². The molecule has 1 atom stereocenters. The van der Waals surface area contributed by atoms with Crippen LogP contribution in [0.4, 0.5) is 0 Å². The molecule has 0 saturated carbocycles. The van der Waals surface area contributed by atoms with Gasteiger partial charge in [-0.2, -0.15) is 0 Å². The molecule has 0 N–H and O–H groups in total. The van der Waals surface area contributed by atoms with E-state index in [1.54, 1.807) is 25.1 Å². The zero-order valence-electron chi connectivity index (χ0n) is 10.2. The SMILES string of the molecule is C/C=C1\C(=NC)C=CC(=O)N1CC(C)OC. The minimum absolute atomic E-state index is 0.00325. The molecule has 0 aliphatic carbocycles. The highest BCUT2D eigenvalue weighted by Gasteiger charge is 2.24. The molecule has 1 aliphatic rings. The summed E-state index contributed by atoms with van der Waals surface area (Å²) >= 11 is 0. The van der Waals surface area contributed by atoms with Crippen LogP contribution < -0.4 is 0 Å². The Morgan fingerprint density at radius 1 is 1.56 bits per heavy atom. The molecule has 1 heterocycles. The zero-order chi connectivity index (χ0) is 12.1. The van der Waals surface area contributed by atoms with E-state index in [1.165, 1.54) is 6.08 Å². The summed E-state index contributed by atoms with van der Waals surface area (Å²) in [6.07, 6.45) is 5.18.